The van der Waals surface area contributed by atoms with Crippen molar-refractivity contribution in [2.45, 2.75) is 4.90 Å². The Morgan fingerprint density at radius 1 is 0.906 bits per heavy atom. The van der Waals surface area contributed by atoms with E-state index < -0.39 is 21.9 Å². The summed E-state index contributed by atoms with van der Waals surface area (Å²) in [5, 5.41) is 3.50. The Hall–Kier alpha value is -3.69. The van der Waals surface area contributed by atoms with Gasteiger partial charge < -0.3 is 10.1 Å². The lowest BCUT2D eigenvalue weighted by Crippen LogP contribution is -2.16. The summed E-state index contributed by atoms with van der Waals surface area (Å²) in [5.41, 5.74) is 0.826. The predicted octanol–water partition coefficient (Wildman–Crippen LogP) is 4.74. The zero-order chi connectivity index (χ0) is 22.7. The summed E-state index contributed by atoms with van der Waals surface area (Å²) < 4.78 is 33.3. The highest BCUT2D eigenvalue weighted by Gasteiger charge is 2.21. The molecule has 0 aliphatic carbocycles. The van der Waals surface area contributed by atoms with E-state index in [4.69, 9.17) is 4.74 Å². The van der Waals surface area contributed by atoms with Crippen LogP contribution < -0.4 is 10.0 Å². The molecule has 0 unspecified atom stereocenters. The quantitative estimate of drug-likeness (QED) is 0.400. The van der Waals surface area contributed by atoms with Crippen LogP contribution >= 0.6 is 11.3 Å². The largest absolute Gasteiger partial charge is 0.465 e. The van der Waals surface area contributed by atoms with Gasteiger partial charge in [-0.25, -0.2) is 13.2 Å². The molecule has 1 aromatic heterocycles. The number of sulfonamides is 1. The zero-order valence-corrected chi connectivity index (χ0v) is 18.5. The van der Waals surface area contributed by atoms with Crippen molar-refractivity contribution >= 4 is 54.7 Å². The molecule has 0 fully saturated rings. The van der Waals surface area contributed by atoms with Crippen molar-refractivity contribution in [3.63, 3.8) is 0 Å². The molecule has 0 saturated carbocycles. The zero-order valence-electron chi connectivity index (χ0n) is 16.9. The van der Waals surface area contributed by atoms with E-state index in [0.717, 1.165) is 4.70 Å². The Labute approximate surface area is 188 Å². The third-order valence-corrected chi connectivity index (χ3v) is 7.18. The Morgan fingerprint density at radius 2 is 1.62 bits per heavy atom. The number of amides is 1. The third kappa shape index (κ3) is 4.34. The molecule has 0 aliphatic heterocycles. The molecule has 0 spiro atoms. The summed E-state index contributed by atoms with van der Waals surface area (Å²) in [6.07, 6.45) is 0. The van der Waals surface area contributed by atoms with Crippen LogP contribution in [0.5, 0.6) is 0 Å². The van der Waals surface area contributed by atoms with Gasteiger partial charge in [-0.3, -0.25) is 9.52 Å². The van der Waals surface area contributed by atoms with Crippen LogP contribution in [0.2, 0.25) is 0 Å². The number of methoxy groups -OCH3 is 1. The molecule has 3 aromatic carbocycles. The summed E-state index contributed by atoms with van der Waals surface area (Å²) >= 11 is 1.22. The van der Waals surface area contributed by atoms with Gasteiger partial charge in [-0.1, -0.05) is 42.5 Å². The van der Waals surface area contributed by atoms with Crippen LogP contribution in [0.3, 0.4) is 0 Å². The number of benzene rings is 3. The first-order valence-corrected chi connectivity index (χ1v) is 11.8. The molecular weight excluding hydrogens is 448 g/mol. The molecule has 0 atom stereocenters. The van der Waals surface area contributed by atoms with Crippen LogP contribution in [0.15, 0.2) is 83.8 Å². The topological polar surface area (TPSA) is 102 Å². The lowest BCUT2D eigenvalue weighted by atomic mass is 10.1. The van der Waals surface area contributed by atoms with Gasteiger partial charge in [-0.05, 0) is 36.4 Å². The summed E-state index contributed by atoms with van der Waals surface area (Å²) in [6.45, 7) is 0. The summed E-state index contributed by atoms with van der Waals surface area (Å²) in [7, 11) is -2.52. The summed E-state index contributed by atoms with van der Waals surface area (Å²) in [6, 6.07) is 21.4. The minimum Gasteiger partial charge on any atom is -0.465 e. The van der Waals surface area contributed by atoms with Crippen LogP contribution in [0.1, 0.15) is 20.0 Å². The number of ether oxygens (including phenoxy) is 1. The number of anilines is 2. The number of esters is 1. The summed E-state index contributed by atoms with van der Waals surface area (Å²) in [5.74, 6) is -1.04. The number of nitrogens with one attached hydrogen (secondary N) is 2. The van der Waals surface area contributed by atoms with E-state index in [1.54, 1.807) is 42.5 Å². The van der Waals surface area contributed by atoms with Gasteiger partial charge in [-0.15, -0.1) is 11.3 Å². The van der Waals surface area contributed by atoms with Crippen molar-refractivity contribution in [3.8, 4) is 0 Å². The van der Waals surface area contributed by atoms with Crippen LogP contribution in [0.25, 0.3) is 10.1 Å². The van der Waals surface area contributed by atoms with E-state index in [1.807, 2.05) is 18.2 Å². The summed E-state index contributed by atoms with van der Waals surface area (Å²) in [4.78, 5) is 25.6. The molecule has 1 heterocycles. The number of thiophene rings is 1. The van der Waals surface area contributed by atoms with E-state index >= 15 is 0 Å². The lowest BCUT2D eigenvalue weighted by molar-refractivity contribution is 0.0607. The molecule has 4 rings (SSSR count). The first-order chi connectivity index (χ1) is 15.4. The smallest absolute Gasteiger partial charge is 0.350 e. The van der Waals surface area contributed by atoms with E-state index in [2.05, 4.69) is 10.0 Å². The SMILES string of the molecule is COC(=O)c1sc2ccccc2c1NC(=O)c1cccc(NS(=O)(=O)c2ccccc2)c1. The highest BCUT2D eigenvalue weighted by Crippen LogP contribution is 2.36. The second-order valence-corrected chi connectivity index (χ2v) is 9.48. The van der Waals surface area contributed by atoms with Crippen molar-refractivity contribution < 1.29 is 22.7 Å². The van der Waals surface area contributed by atoms with Crippen LogP contribution in [-0.4, -0.2) is 27.4 Å². The van der Waals surface area contributed by atoms with Crippen LogP contribution in [-0.2, 0) is 14.8 Å². The second kappa shape index (κ2) is 8.81. The van der Waals surface area contributed by atoms with E-state index in [1.165, 1.54) is 36.6 Å². The number of carbonyl (C=O) groups excluding carboxylic acids is 2. The average molecular weight is 467 g/mol. The average Bonchev–Trinajstić information content (AvgIpc) is 3.17. The fourth-order valence-electron chi connectivity index (χ4n) is 3.13. The van der Waals surface area contributed by atoms with Gasteiger partial charge >= 0.3 is 5.97 Å². The van der Waals surface area contributed by atoms with E-state index in [9.17, 15) is 18.0 Å². The number of rotatable bonds is 6. The Kier molecular flexibility index (Phi) is 5.93. The van der Waals surface area contributed by atoms with Crippen molar-refractivity contribution in [1.82, 2.24) is 0 Å². The van der Waals surface area contributed by atoms with Gasteiger partial charge in [0.25, 0.3) is 15.9 Å². The fraction of sp³-hybridized carbons (Fsp3) is 0.0435. The minimum atomic E-state index is -3.80. The van der Waals surface area contributed by atoms with E-state index in [-0.39, 0.29) is 21.0 Å². The molecule has 0 bridgehead atoms. The molecule has 32 heavy (non-hydrogen) atoms. The number of fused-ring (bicyclic) bond motifs is 1. The van der Waals surface area contributed by atoms with Crippen molar-refractivity contribution in [2.24, 2.45) is 0 Å². The first kappa shape index (κ1) is 21.5. The highest BCUT2D eigenvalue weighted by molar-refractivity contribution is 7.92. The van der Waals surface area contributed by atoms with Crippen LogP contribution in [0.4, 0.5) is 11.4 Å². The molecule has 0 aliphatic rings. The van der Waals surface area contributed by atoms with E-state index in [0.29, 0.717) is 11.1 Å². The second-order valence-electron chi connectivity index (χ2n) is 6.75. The van der Waals surface area contributed by atoms with Crippen LogP contribution in [0, 0.1) is 0 Å². The fourth-order valence-corrected chi connectivity index (χ4v) is 5.28. The molecular formula is C23H18N2O5S2. The minimum absolute atomic E-state index is 0.113. The van der Waals surface area contributed by atoms with Crippen molar-refractivity contribution in [1.29, 1.82) is 0 Å². The van der Waals surface area contributed by atoms with Crippen molar-refractivity contribution in [2.75, 3.05) is 17.1 Å². The van der Waals surface area contributed by atoms with Crippen molar-refractivity contribution in [3.05, 3.63) is 89.3 Å². The van der Waals surface area contributed by atoms with Gasteiger partial charge in [0.05, 0.1) is 17.7 Å². The van der Waals surface area contributed by atoms with Gasteiger partial charge in [0.1, 0.15) is 4.88 Å². The number of hydrogen-bond acceptors (Lipinski definition) is 6. The molecule has 9 heteroatoms. The Morgan fingerprint density at radius 3 is 2.38 bits per heavy atom. The van der Waals surface area contributed by atoms with Gasteiger partial charge in [-0.2, -0.15) is 0 Å². The molecule has 4 aromatic rings. The standard InChI is InChI=1S/C23H18N2O5S2/c1-30-23(27)21-20(18-12-5-6-13-19(18)31-21)24-22(26)15-8-7-9-16(14-15)25-32(28,29)17-10-3-2-4-11-17/h2-14,25H,1H3,(H,24,26). The maximum atomic E-state index is 13.0. The normalized spacial score (nSPS) is 11.2. The Bertz CT molecular complexity index is 1410. The maximum absolute atomic E-state index is 13.0. The molecule has 1 amide bonds. The Balaban J connectivity index is 1.63. The lowest BCUT2D eigenvalue weighted by Gasteiger charge is -2.10. The van der Waals surface area contributed by atoms with Gasteiger partial charge in [0.15, 0.2) is 0 Å². The highest BCUT2D eigenvalue weighted by atomic mass is 32.2. The third-order valence-electron chi connectivity index (χ3n) is 4.64. The molecule has 2 N–H and O–H groups in total. The molecule has 0 saturated heterocycles. The molecule has 7 nitrogen and oxygen atoms in total. The number of carbonyl (C=O) groups is 2. The first-order valence-electron chi connectivity index (χ1n) is 9.48. The number of hydrogen-bond donors (Lipinski definition) is 2. The van der Waals surface area contributed by atoms with Gasteiger partial charge in [0, 0.05) is 21.3 Å². The van der Waals surface area contributed by atoms with Gasteiger partial charge in [0.2, 0.25) is 0 Å². The maximum Gasteiger partial charge on any atom is 0.350 e. The monoisotopic (exact) mass is 466 g/mol. The predicted molar refractivity (Wildman–Crippen MR) is 125 cm³/mol. The molecule has 162 valence electrons. The molecule has 0 radical (unpaired) electrons.